The molecular formula is C9H16BrNO2. The molecule has 0 aliphatic carbocycles. The monoisotopic (exact) mass is 249 g/mol. The average molecular weight is 250 g/mol. The lowest BCUT2D eigenvalue weighted by atomic mass is 9.93. The standard InChI is InChI=1S/C9H16BrNO2/c1-8(12)11-5-3-9(7-10,13-2)4-6-11/h3-7H2,1-2H3. The molecule has 0 unspecified atom stereocenters. The first-order chi connectivity index (χ1) is 6.13. The van der Waals surface area contributed by atoms with Gasteiger partial charge in [-0.2, -0.15) is 0 Å². The number of halogens is 1. The van der Waals surface area contributed by atoms with E-state index in [2.05, 4.69) is 15.9 Å². The number of carbonyl (C=O) groups excluding carboxylic acids is 1. The van der Waals surface area contributed by atoms with Crippen LogP contribution in [0.1, 0.15) is 19.8 Å². The molecule has 76 valence electrons. The molecule has 3 nitrogen and oxygen atoms in total. The van der Waals surface area contributed by atoms with Crippen LogP contribution in [0.5, 0.6) is 0 Å². The van der Waals surface area contributed by atoms with Gasteiger partial charge in [-0.15, -0.1) is 0 Å². The Kier molecular flexibility index (Phi) is 3.74. The first kappa shape index (κ1) is 11.0. The zero-order valence-corrected chi connectivity index (χ0v) is 9.76. The van der Waals surface area contributed by atoms with E-state index >= 15 is 0 Å². The molecule has 4 heteroatoms. The second kappa shape index (κ2) is 4.42. The molecule has 0 aromatic rings. The minimum atomic E-state index is -0.0497. The second-order valence-electron chi connectivity index (χ2n) is 3.53. The van der Waals surface area contributed by atoms with Crippen LogP contribution in [-0.4, -0.2) is 41.9 Å². The zero-order valence-electron chi connectivity index (χ0n) is 8.18. The number of rotatable bonds is 2. The number of hydrogen-bond acceptors (Lipinski definition) is 2. The number of carbonyl (C=O) groups is 1. The maximum Gasteiger partial charge on any atom is 0.219 e. The Morgan fingerprint density at radius 3 is 2.38 bits per heavy atom. The van der Waals surface area contributed by atoms with Crippen molar-refractivity contribution < 1.29 is 9.53 Å². The summed E-state index contributed by atoms with van der Waals surface area (Å²) >= 11 is 3.46. The number of amides is 1. The van der Waals surface area contributed by atoms with Crippen molar-refractivity contribution in [2.45, 2.75) is 25.4 Å². The summed E-state index contributed by atoms with van der Waals surface area (Å²) in [5, 5.41) is 0.849. The molecule has 0 saturated carbocycles. The van der Waals surface area contributed by atoms with Gasteiger partial charge in [0.15, 0.2) is 0 Å². The predicted octanol–water partition coefficient (Wildman–Crippen LogP) is 1.41. The molecule has 0 radical (unpaired) electrons. The minimum Gasteiger partial charge on any atom is -0.377 e. The van der Waals surface area contributed by atoms with E-state index in [0.717, 1.165) is 31.3 Å². The lowest BCUT2D eigenvalue weighted by Gasteiger charge is -2.39. The van der Waals surface area contributed by atoms with Crippen molar-refractivity contribution in [1.29, 1.82) is 0 Å². The Morgan fingerprint density at radius 1 is 1.54 bits per heavy atom. The summed E-state index contributed by atoms with van der Waals surface area (Å²) < 4.78 is 5.47. The van der Waals surface area contributed by atoms with Crippen molar-refractivity contribution in [3.63, 3.8) is 0 Å². The molecule has 1 heterocycles. The van der Waals surface area contributed by atoms with Crippen molar-refractivity contribution in [2.24, 2.45) is 0 Å². The third kappa shape index (κ3) is 2.44. The Balaban J connectivity index is 2.50. The van der Waals surface area contributed by atoms with Gasteiger partial charge < -0.3 is 9.64 Å². The van der Waals surface area contributed by atoms with E-state index in [-0.39, 0.29) is 11.5 Å². The number of methoxy groups -OCH3 is 1. The number of ether oxygens (including phenoxy) is 1. The highest BCUT2D eigenvalue weighted by molar-refractivity contribution is 9.09. The van der Waals surface area contributed by atoms with Crippen LogP contribution in [0.4, 0.5) is 0 Å². The first-order valence-electron chi connectivity index (χ1n) is 4.50. The van der Waals surface area contributed by atoms with Gasteiger partial charge in [0.25, 0.3) is 0 Å². The molecule has 0 aromatic heterocycles. The van der Waals surface area contributed by atoms with Gasteiger partial charge in [0, 0.05) is 32.5 Å². The van der Waals surface area contributed by atoms with E-state index in [0.29, 0.717) is 0 Å². The van der Waals surface area contributed by atoms with Crippen LogP contribution in [0.15, 0.2) is 0 Å². The molecule has 0 atom stereocenters. The van der Waals surface area contributed by atoms with Crippen molar-refractivity contribution in [3.8, 4) is 0 Å². The number of piperidine rings is 1. The minimum absolute atomic E-state index is 0.0497. The molecule has 0 aromatic carbocycles. The van der Waals surface area contributed by atoms with Crippen LogP contribution in [0, 0.1) is 0 Å². The van der Waals surface area contributed by atoms with Crippen LogP contribution in [-0.2, 0) is 9.53 Å². The Hall–Kier alpha value is -0.0900. The quantitative estimate of drug-likeness (QED) is 0.693. The molecule has 1 rings (SSSR count). The lowest BCUT2D eigenvalue weighted by Crippen LogP contribution is -2.48. The van der Waals surface area contributed by atoms with E-state index in [1.165, 1.54) is 0 Å². The van der Waals surface area contributed by atoms with Gasteiger partial charge in [0.05, 0.1) is 5.60 Å². The van der Waals surface area contributed by atoms with E-state index in [4.69, 9.17) is 4.74 Å². The highest BCUT2D eigenvalue weighted by atomic mass is 79.9. The fraction of sp³-hybridized carbons (Fsp3) is 0.889. The van der Waals surface area contributed by atoms with Crippen LogP contribution in [0.2, 0.25) is 0 Å². The molecule has 1 amide bonds. The summed E-state index contributed by atoms with van der Waals surface area (Å²) in [7, 11) is 1.74. The molecule has 0 bridgehead atoms. The van der Waals surface area contributed by atoms with Crippen molar-refractivity contribution in [1.82, 2.24) is 4.90 Å². The second-order valence-corrected chi connectivity index (χ2v) is 4.09. The molecule has 13 heavy (non-hydrogen) atoms. The summed E-state index contributed by atoms with van der Waals surface area (Å²) in [5.41, 5.74) is -0.0497. The highest BCUT2D eigenvalue weighted by Gasteiger charge is 2.34. The van der Waals surface area contributed by atoms with Crippen molar-refractivity contribution in [2.75, 3.05) is 25.5 Å². The van der Waals surface area contributed by atoms with Crippen LogP contribution in [0.3, 0.4) is 0 Å². The summed E-state index contributed by atoms with van der Waals surface area (Å²) in [4.78, 5) is 12.9. The Labute approximate surface area is 87.6 Å². The Bertz CT molecular complexity index is 182. The predicted molar refractivity (Wildman–Crippen MR) is 55.0 cm³/mol. The van der Waals surface area contributed by atoms with Crippen LogP contribution >= 0.6 is 15.9 Å². The highest BCUT2D eigenvalue weighted by Crippen LogP contribution is 2.27. The third-order valence-corrected chi connectivity index (χ3v) is 3.82. The van der Waals surface area contributed by atoms with Crippen molar-refractivity contribution in [3.05, 3.63) is 0 Å². The molecule has 0 N–H and O–H groups in total. The van der Waals surface area contributed by atoms with E-state index in [1.54, 1.807) is 14.0 Å². The van der Waals surface area contributed by atoms with Gasteiger partial charge in [-0.1, -0.05) is 15.9 Å². The molecule has 1 aliphatic rings. The van der Waals surface area contributed by atoms with Crippen LogP contribution in [0.25, 0.3) is 0 Å². The number of alkyl halides is 1. The fourth-order valence-corrected chi connectivity index (χ4v) is 2.41. The normalized spacial score (nSPS) is 21.6. The summed E-state index contributed by atoms with van der Waals surface area (Å²) in [5.74, 6) is 0.166. The van der Waals surface area contributed by atoms with E-state index < -0.39 is 0 Å². The summed E-state index contributed by atoms with van der Waals surface area (Å²) in [6.45, 7) is 3.25. The van der Waals surface area contributed by atoms with Gasteiger partial charge in [-0.3, -0.25) is 4.79 Å². The molecular weight excluding hydrogens is 234 g/mol. The molecule has 1 saturated heterocycles. The SMILES string of the molecule is COC1(CBr)CCN(C(C)=O)CC1. The fourth-order valence-electron chi connectivity index (χ4n) is 1.62. The van der Waals surface area contributed by atoms with E-state index in [1.807, 2.05) is 4.90 Å². The zero-order chi connectivity index (χ0) is 9.90. The Morgan fingerprint density at radius 2 is 2.08 bits per heavy atom. The van der Waals surface area contributed by atoms with Crippen molar-refractivity contribution >= 4 is 21.8 Å². The van der Waals surface area contributed by atoms with Gasteiger partial charge in [0.1, 0.15) is 0 Å². The lowest BCUT2D eigenvalue weighted by molar-refractivity contribution is -0.133. The topological polar surface area (TPSA) is 29.5 Å². The van der Waals surface area contributed by atoms with Gasteiger partial charge in [0.2, 0.25) is 5.91 Å². The van der Waals surface area contributed by atoms with Gasteiger partial charge >= 0.3 is 0 Å². The maximum atomic E-state index is 11.1. The summed E-state index contributed by atoms with van der Waals surface area (Å²) in [6.07, 6.45) is 1.85. The number of likely N-dealkylation sites (tertiary alicyclic amines) is 1. The van der Waals surface area contributed by atoms with Crippen LogP contribution < -0.4 is 0 Å². The molecule has 1 aliphatic heterocycles. The summed E-state index contributed by atoms with van der Waals surface area (Å²) in [6, 6.07) is 0. The average Bonchev–Trinajstić information content (AvgIpc) is 2.18. The van der Waals surface area contributed by atoms with Gasteiger partial charge in [-0.25, -0.2) is 0 Å². The maximum absolute atomic E-state index is 11.1. The smallest absolute Gasteiger partial charge is 0.219 e. The number of nitrogens with zero attached hydrogens (tertiary/aromatic N) is 1. The largest absolute Gasteiger partial charge is 0.377 e. The first-order valence-corrected chi connectivity index (χ1v) is 5.62. The third-order valence-electron chi connectivity index (χ3n) is 2.80. The van der Waals surface area contributed by atoms with E-state index in [9.17, 15) is 4.79 Å². The van der Waals surface area contributed by atoms with Gasteiger partial charge in [-0.05, 0) is 12.8 Å². The molecule has 1 fully saturated rings. The number of hydrogen-bond donors (Lipinski definition) is 0. The molecule has 0 spiro atoms.